The summed E-state index contributed by atoms with van der Waals surface area (Å²) in [5.74, 6) is 3.19. The third-order valence-electron chi connectivity index (χ3n) is 15.9. The molecule has 0 spiro atoms. The number of nitrogens with one attached hydrogen (secondary N) is 1. The summed E-state index contributed by atoms with van der Waals surface area (Å²) in [6.45, 7) is 37.3. The van der Waals surface area contributed by atoms with E-state index in [1.54, 1.807) is 0 Å². The molecule has 19 heteroatoms. The summed E-state index contributed by atoms with van der Waals surface area (Å²) in [6, 6.07) is 0. The largest absolute Gasteiger partial charge is 0.393 e. The minimum Gasteiger partial charge on any atom is -0.393 e. The minimum absolute atomic E-state index is 0.0165. The number of hydrogen-bond acceptors (Lipinski definition) is 17. The molecule has 6 fully saturated rings. The van der Waals surface area contributed by atoms with Gasteiger partial charge in [0.1, 0.15) is 34.7 Å². The van der Waals surface area contributed by atoms with E-state index < -0.39 is 15.4 Å². The molecular formula is C60H112N6O12S. The third-order valence-corrected chi connectivity index (χ3v) is 17.5. The fourth-order valence-electron chi connectivity index (χ4n) is 9.67. The zero-order valence-electron chi connectivity index (χ0n) is 51.9. The van der Waals surface area contributed by atoms with Gasteiger partial charge < -0.3 is 25.5 Å². The maximum atomic E-state index is 11.8. The topological polar surface area (TPSA) is 243 Å². The number of ketones is 6. The van der Waals surface area contributed by atoms with E-state index in [1.807, 2.05) is 107 Å². The highest BCUT2D eigenvalue weighted by molar-refractivity contribution is 7.91. The summed E-state index contributed by atoms with van der Waals surface area (Å²) >= 11 is 0. The van der Waals surface area contributed by atoms with Gasteiger partial charge in [-0.3, -0.25) is 53.2 Å². The average molecular weight is 1140 g/mol. The lowest BCUT2D eigenvalue weighted by atomic mass is 9.69. The van der Waals surface area contributed by atoms with E-state index in [-0.39, 0.29) is 82.1 Å². The molecule has 0 aromatic heterocycles. The molecule has 0 radical (unpaired) electrons. The molecule has 1 unspecified atom stereocenters. The molecule has 18 nitrogen and oxygen atoms in total. The van der Waals surface area contributed by atoms with Crippen molar-refractivity contribution in [3.05, 3.63) is 0 Å². The number of carbonyl (C=O) groups is 7. The number of hydrogen-bond donors (Lipinski definition) is 4. The smallest absolute Gasteiger partial charge is 0.234 e. The molecule has 460 valence electrons. The summed E-state index contributed by atoms with van der Waals surface area (Å²) in [6.07, 6.45) is 8.41. The first-order valence-electron chi connectivity index (χ1n) is 29.9. The molecule has 5 heterocycles. The molecule has 5 aliphatic heterocycles. The SMILES string of the molecule is CC(C)C(=O)C1(C)CCC(O)CC1.CC(C)C(=O)C1CCCN(C)C1.CC(C)C(=O)CN1CCC(C)(O)CC1.CC(C)C(=O)CN1CCC(O)CC1.CC(C)C(=O)CN1CCNC(=O)C1.CC(C)C(=O)CN1CCS(=O)(=O)CC1. The Balaban J connectivity index is 0.000000474. The van der Waals surface area contributed by atoms with Crippen LogP contribution in [-0.2, 0) is 43.4 Å². The Hall–Kier alpha value is -2.88. The van der Waals surface area contributed by atoms with Crippen LogP contribution in [0.25, 0.3) is 0 Å². The third kappa shape index (κ3) is 31.4. The molecule has 1 atom stereocenters. The van der Waals surface area contributed by atoms with Crippen LogP contribution in [0.3, 0.4) is 0 Å². The lowest BCUT2D eigenvalue weighted by Gasteiger charge is -2.35. The molecule has 0 bridgehead atoms. The van der Waals surface area contributed by atoms with Crippen molar-refractivity contribution in [3.8, 4) is 0 Å². The monoisotopic (exact) mass is 1140 g/mol. The normalized spacial score (nSPS) is 24.3. The Kier molecular flexibility index (Phi) is 34.4. The van der Waals surface area contributed by atoms with Crippen molar-refractivity contribution in [2.75, 3.05) is 117 Å². The van der Waals surface area contributed by atoms with Gasteiger partial charge in [0.2, 0.25) is 5.91 Å². The Morgan fingerprint density at radius 1 is 0.544 bits per heavy atom. The molecule has 0 aromatic carbocycles. The number of rotatable bonds is 16. The Morgan fingerprint density at radius 2 is 0.949 bits per heavy atom. The molecule has 4 N–H and O–H groups in total. The Bertz CT molecular complexity index is 1950. The number of piperazine rings is 1. The number of Topliss-reactive ketones (excluding diaryl/α,β-unsaturated/α-hetero) is 6. The van der Waals surface area contributed by atoms with Gasteiger partial charge in [0.05, 0.1) is 62.0 Å². The molecule has 6 aliphatic rings. The molecule has 79 heavy (non-hydrogen) atoms. The quantitative estimate of drug-likeness (QED) is 0.159. The summed E-state index contributed by atoms with van der Waals surface area (Å²) in [5.41, 5.74) is -0.676. The summed E-state index contributed by atoms with van der Waals surface area (Å²) in [5, 5.41) is 31.1. The standard InChI is InChI=1S/C11H21NO2.C11H20O2.C10H19NO2.C10H19NO.C9H16N2O2.C9H17NO3S/c1-9(2)10(13)8-12-6-4-11(3,14)5-7-12;1-8(2)10(13)11(3)6-4-9(12)5-7-11;1-8(2)10(13)7-11-5-3-9(12)4-6-11;1-8(2)10(12)9-5-4-6-11(3)7-9;1-7(2)8(12)5-11-4-3-10-9(13)6-11;1-8(2)9(11)7-10-3-5-14(12,13)6-4-10/h9,14H,4-8H2,1-3H3;8-9,12H,4-7H2,1-3H3;8-9,12H,3-7H2,1-2H3;8-9H,4-7H2,1-3H3;7H,3-6H2,1-2H3,(H,10,13);8H,3-7H2,1-2H3. The van der Waals surface area contributed by atoms with E-state index in [4.69, 9.17) is 0 Å². The lowest BCUT2D eigenvalue weighted by molar-refractivity contribution is -0.134. The first kappa shape index (κ1) is 74.1. The van der Waals surface area contributed by atoms with Gasteiger partial charge in [-0.05, 0) is 84.7 Å². The lowest BCUT2D eigenvalue weighted by Crippen LogP contribution is -2.49. The van der Waals surface area contributed by atoms with Crippen LogP contribution in [0.5, 0.6) is 0 Å². The number of carbonyl (C=O) groups excluding carboxylic acids is 7. The zero-order valence-corrected chi connectivity index (χ0v) is 52.8. The fourth-order valence-corrected chi connectivity index (χ4v) is 10.9. The Morgan fingerprint density at radius 3 is 1.34 bits per heavy atom. The summed E-state index contributed by atoms with van der Waals surface area (Å²) < 4.78 is 22.2. The van der Waals surface area contributed by atoms with E-state index in [2.05, 4.69) is 27.1 Å². The molecule has 5 saturated heterocycles. The van der Waals surface area contributed by atoms with Gasteiger partial charge in [0.25, 0.3) is 0 Å². The van der Waals surface area contributed by atoms with Gasteiger partial charge in [0.15, 0.2) is 9.84 Å². The van der Waals surface area contributed by atoms with E-state index in [9.17, 15) is 57.3 Å². The van der Waals surface area contributed by atoms with Crippen molar-refractivity contribution < 1.29 is 57.3 Å². The number of aliphatic hydroxyl groups excluding tert-OH is 2. The second-order valence-electron chi connectivity index (χ2n) is 25.7. The van der Waals surface area contributed by atoms with Crippen LogP contribution in [0.4, 0.5) is 0 Å². The number of aliphatic hydroxyl groups is 3. The molecule has 0 aromatic rings. The van der Waals surface area contributed by atoms with Gasteiger partial charge >= 0.3 is 0 Å². The maximum absolute atomic E-state index is 11.8. The number of likely N-dealkylation sites (tertiary alicyclic amines) is 3. The summed E-state index contributed by atoms with van der Waals surface area (Å²) in [4.78, 5) is 90.3. The van der Waals surface area contributed by atoms with E-state index >= 15 is 0 Å². The number of nitrogens with zero attached hydrogens (tertiary/aromatic N) is 5. The number of amides is 1. The zero-order chi connectivity index (χ0) is 60.4. The second-order valence-corrected chi connectivity index (χ2v) is 28.0. The van der Waals surface area contributed by atoms with E-state index in [0.717, 1.165) is 104 Å². The maximum Gasteiger partial charge on any atom is 0.234 e. The molecule has 1 aliphatic carbocycles. The van der Waals surface area contributed by atoms with Crippen molar-refractivity contribution >= 4 is 50.4 Å². The van der Waals surface area contributed by atoms with Crippen molar-refractivity contribution in [3.63, 3.8) is 0 Å². The second kappa shape index (κ2) is 36.6. The highest BCUT2D eigenvalue weighted by Crippen LogP contribution is 2.38. The molecule has 1 saturated carbocycles. The van der Waals surface area contributed by atoms with Crippen LogP contribution in [-0.4, -0.2) is 223 Å². The highest BCUT2D eigenvalue weighted by atomic mass is 32.2. The Labute approximate surface area is 478 Å². The van der Waals surface area contributed by atoms with Crippen molar-refractivity contribution in [1.29, 1.82) is 0 Å². The van der Waals surface area contributed by atoms with Crippen LogP contribution in [0.15, 0.2) is 0 Å². The molecule has 1 amide bonds. The van der Waals surface area contributed by atoms with Crippen LogP contribution >= 0.6 is 0 Å². The van der Waals surface area contributed by atoms with Crippen LogP contribution in [0, 0.1) is 46.8 Å². The first-order valence-corrected chi connectivity index (χ1v) is 31.7. The molecular weight excluding hydrogens is 1030 g/mol. The van der Waals surface area contributed by atoms with Crippen molar-refractivity contribution in [2.24, 2.45) is 46.8 Å². The molecule has 6 rings (SSSR count). The van der Waals surface area contributed by atoms with Crippen LogP contribution < -0.4 is 5.32 Å². The predicted octanol–water partition coefficient (Wildman–Crippen LogP) is 5.02. The summed E-state index contributed by atoms with van der Waals surface area (Å²) in [7, 11) is -0.728. The van der Waals surface area contributed by atoms with Gasteiger partial charge in [0, 0.05) is 106 Å². The van der Waals surface area contributed by atoms with Crippen molar-refractivity contribution in [1.82, 2.24) is 29.8 Å². The number of sulfone groups is 1. The van der Waals surface area contributed by atoms with Gasteiger partial charge in [-0.25, -0.2) is 8.42 Å². The van der Waals surface area contributed by atoms with Crippen LogP contribution in [0.2, 0.25) is 0 Å². The van der Waals surface area contributed by atoms with E-state index in [1.165, 1.54) is 6.42 Å². The number of piperidine rings is 3. The fraction of sp³-hybridized carbons (Fsp3) is 0.883. The van der Waals surface area contributed by atoms with Gasteiger partial charge in [-0.2, -0.15) is 0 Å². The van der Waals surface area contributed by atoms with E-state index in [0.29, 0.717) is 81.4 Å². The van der Waals surface area contributed by atoms with Gasteiger partial charge in [-0.1, -0.05) is 90.0 Å². The first-order chi connectivity index (χ1) is 36.6. The predicted molar refractivity (Wildman–Crippen MR) is 314 cm³/mol. The van der Waals surface area contributed by atoms with Gasteiger partial charge in [-0.15, -0.1) is 0 Å². The highest BCUT2D eigenvalue weighted by Gasteiger charge is 2.38. The minimum atomic E-state index is -2.82. The average Bonchev–Trinajstić information content (AvgIpc) is 3.37. The van der Waals surface area contributed by atoms with Crippen LogP contribution in [0.1, 0.15) is 161 Å². The van der Waals surface area contributed by atoms with Crippen molar-refractivity contribution in [2.45, 2.75) is 179 Å².